The SMILES string of the molecule is CCc1c[nH]c(=O)c2ccc(OC3CCN(Cc4ccccn4)CC3)c(F)c12. The van der Waals surface area contributed by atoms with E-state index in [1.807, 2.05) is 31.3 Å². The van der Waals surface area contributed by atoms with Gasteiger partial charge in [-0.1, -0.05) is 13.0 Å². The summed E-state index contributed by atoms with van der Waals surface area (Å²) in [5.74, 6) is -0.202. The Labute approximate surface area is 163 Å². The van der Waals surface area contributed by atoms with Crippen molar-refractivity contribution in [1.82, 2.24) is 14.9 Å². The van der Waals surface area contributed by atoms with Crippen molar-refractivity contribution in [2.75, 3.05) is 13.1 Å². The van der Waals surface area contributed by atoms with Crippen molar-refractivity contribution < 1.29 is 9.13 Å². The van der Waals surface area contributed by atoms with Gasteiger partial charge in [0.2, 0.25) is 0 Å². The quantitative estimate of drug-likeness (QED) is 0.733. The second-order valence-electron chi connectivity index (χ2n) is 7.21. The molecule has 1 N–H and O–H groups in total. The highest BCUT2D eigenvalue weighted by atomic mass is 19.1. The van der Waals surface area contributed by atoms with Crippen molar-refractivity contribution in [3.8, 4) is 5.75 Å². The van der Waals surface area contributed by atoms with Crippen LogP contribution in [0.2, 0.25) is 0 Å². The molecular formula is C22H24FN3O2. The number of benzene rings is 1. The van der Waals surface area contributed by atoms with Crippen molar-refractivity contribution in [3.05, 3.63) is 70.2 Å². The summed E-state index contributed by atoms with van der Waals surface area (Å²) in [6.07, 6.45) is 5.68. The van der Waals surface area contributed by atoms with Crippen LogP contribution in [0.5, 0.6) is 5.75 Å². The Kier molecular flexibility index (Phi) is 5.39. The standard InChI is InChI=1S/C22H24FN3O2/c1-2-15-13-25-22(27)18-6-7-19(21(23)20(15)18)28-17-8-11-26(12-9-17)14-16-5-3-4-10-24-16/h3-7,10,13,17H,2,8-9,11-12,14H2,1H3,(H,25,27). The van der Waals surface area contributed by atoms with Gasteiger partial charge in [0.1, 0.15) is 6.10 Å². The summed E-state index contributed by atoms with van der Waals surface area (Å²) in [4.78, 5) is 21.4. The lowest BCUT2D eigenvalue weighted by Gasteiger charge is -2.32. The van der Waals surface area contributed by atoms with Crippen LogP contribution >= 0.6 is 0 Å². The number of pyridine rings is 2. The summed E-state index contributed by atoms with van der Waals surface area (Å²) >= 11 is 0. The number of nitrogens with one attached hydrogen (secondary N) is 1. The number of aromatic nitrogens is 2. The van der Waals surface area contributed by atoms with E-state index >= 15 is 4.39 Å². The predicted octanol–water partition coefficient (Wildman–Crippen LogP) is 3.67. The van der Waals surface area contributed by atoms with E-state index in [1.165, 1.54) is 0 Å². The lowest BCUT2D eigenvalue weighted by atomic mass is 10.0. The molecule has 3 heterocycles. The number of nitrogens with zero attached hydrogens (tertiary/aromatic N) is 2. The molecule has 0 saturated carbocycles. The molecule has 1 aromatic carbocycles. The van der Waals surface area contributed by atoms with Crippen molar-refractivity contribution in [2.45, 2.75) is 38.8 Å². The minimum absolute atomic E-state index is 0.0287. The number of ether oxygens (including phenoxy) is 1. The van der Waals surface area contributed by atoms with Gasteiger partial charge >= 0.3 is 0 Å². The molecule has 0 aliphatic carbocycles. The zero-order valence-corrected chi connectivity index (χ0v) is 16.0. The average Bonchev–Trinajstić information content (AvgIpc) is 2.73. The maximum Gasteiger partial charge on any atom is 0.255 e. The molecule has 0 amide bonds. The highest BCUT2D eigenvalue weighted by molar-refractivity contribution is 5.86. The third-order valence-corrected chi connectivity index (χ3v) is 5.37. The van der Waals surface area contributed by atoms with Gasteiger partial charge in [-0.2, -0.15) is 0 Å². The Hall–Kier alpha value is -2.73. The van der Waals surface area contributed by atoms with E-state index in [1.54, 1.807) is 18.3 Å². The van der Waals surface area contributed by atoms with Crippen LogP contribution in [-0.4, -0.2) is 34.1 Å². The van der Waals surface area contributed by atoms with Crippen LogP contribution in [0.1, 0.15) is 31.0 Å². The van der Waals surface area contributed by atoms with E-state index in [0.29, 0.717) is 17.2 Å². The molecule has 3 aromatic rings. The summed E-state index contributed by atoms with van der Waals surface area (Å²) in [6, 6.07) is 9.17. The molecule has 0 spiro atoms. The van der Waals surface area contributed by atoms with E-state index < -0.39 is 5.82 Å². The second-order valence-corrected chi connectivity index (χ2v) is 7.21. The number of hydrogen-bond donors (Lipinski definition) is 1. The first kappa shape index (κ1) is 18.6. The van der Waals surface area contributed by atoms with Crippen LogP contribution in [0, 0.1) is 5.82 Å². The molecule has 1 aliphatic heterocycles. The summed E-state index contributed by atoms with van der Waals surface area (Å²) in [5.41, 5.74) is 1.56. The summed E-state index contributed by atoms with van der Waals surface area (Å²) in [5, 5.41) is 0.741. The van der Waals surface area contributed by atoms with Gasteiger partial charge in [0.25, 0.3) is 5.56 Å². The number of halogens is 1. The molecule has 1 aliphatic rings. The maximum absolute atomic E-state index is 15.1. The third kappa shape index (κ3) is 3.78. The number of H-pyrrole nitrogens is 1. The van der Waals surface area contributed by atoms with Crippen LogP contribution in [0.15, 0.2) is 47.5 Å². The molecule has 0 unspecified atom stereocenters. The number of fused-ring (bicyclic) bond motifs is 1. The van der Waals surface area contributed by atoms with Crippen molar-refractivity contribution in [2.24, 2.45) is 0 Å². The van der Waals surface area contributed by atoms with Gasteiger partial charge in [-0.05, 0) is 49.1 Å². The highest BCUT2D eigenvalue weighted by Gasteiger charge is 2.23. The van der Waals surface area contributed by atoms with Crippen LogP contribution < -0.4 is 10.3 Å². The van der Waals surface area contributed by atoms with Crippen molar-refractivity contribution in [1.29, 1.82) is 0 Å². The lowest BCUT2D eigenvalue weighted by Crippen LogP contribution is -2.38. The molecule has 1 fully saturated rings. The molecule has 0 radical (unpaired) electrons. The molecule has 6 heteroatoms. The summed E-state index contributed by atoms with van der Waals surface area (Å²) in [6.45, 7) is 4.53. The molecule has 0 bridgehead atoms. The minimum Gasteiger partial charge on any atom is -0.487 e. The Morgan fingerprint density at radius 1 is 1.25 bits per heavy atom. The topological polar surface area (TPSA) is 58.2 Å². The van der Waals surface area contributed by atoms with Gasteiger partial charge < -0.3 is 9.72 Å². The van der Waals surface area contributed by atoms with Crippen molar-refractivity contribution >= 4 is 10.8 Å². The molecule has 28 heavy (non-hydrogen) atoms. The molecule has 4 rings (SSSR count). The lowest BCUT2D eigenvalue weighted by molar-refractivity contribution is 0.0931. The Bertz CT molecular complexity index is 1010. The fourth-order valence-corrected chi connectivity index (χ4v) is 3.82. The van der Waals surface area contributed by atoms with Gasteiger partial charge in [-0.3, -0.25) is 14.7 Å². The first-order valence-electron chi connectivity index (χ1n) is 9.77. The Balaban J connectivity index is 1.46. The van der Waals surface area contributed by atoms with Crippen LogP contribution in [-0.2, 0) is 13.0 Å². The number of rotatable bonds is 5. The molecule has 0 atom stereocenters. The van der Waals surface area contributed by atoms with Crippen LogP contribution in [0.25, 0.3) is 10.8 Å². The first-order chi connectivity index (χ1) is 13.7. The van der Waals surface area contributed by atoms with E-state index in [2.05, 4.69) is 14.9 Å². The summed E-state index contributed by atoms with van der Waals surface area (Å²) in [7, 11) is 0. The number of hydrogen-bond acceptors (Lipinski definition) is 4. The smallest absolute Gasteiger partial charge is 0.255 e. The zero-order chi connectivity index (χ0) is 19.5. The van der Waals surface area contributed by atoms with Gasteiger partial charge in [0.05, 0.1) is 11.1 Å². The first-order valence-corrected chi connectivity index (χ1v) is 9.77. The number of piperidine rings is 1. The Morgan fingerprint density at radius 2 is 2.07 bits per heavy atom. The van der Waals surface area contributed by atoms with Crippen LogP contribution in [0.4, 0.5) is 4.39 Å². The van der Waals surface area contributed by atoms with E-state index in [4.69, 9.17) is 4.74 Å². The van der Waals surface area contributed by atoms with Crippen LogP contribution in [0.3, 0.4) is 0 Å². The maximum atomic E-state index is 15.1. The van der Waals surface area contributed by atoms with Crippen molar-refractivity contribution in [3.63, 3.8) is 0 Å². The van der Waals surface area contributed by atoms with Gasteiger partial charge in [0.15, 0.2) is 11.6 Å². The van der Waals surface area contributed by atoms with Gasteiger partial charge in [0, 0.05) is 37.4 Å². The normalized spacial score (nSPS) is 15.8. The van der Waals surface area contributed by atoms with Gasteiger partial charge in [-0.25, -0.2) is 4.39 Å². The summed E-state index contributed by atoms with van der Waals surface area (Å²) < 4.78 is 21.1. The van der Waals surface area contributed by atoms with Gasteiger partial charge in [-0.15, -0.1) is 0 Å². The van der Waals surface area contributed by atoms with E-state index in [9.17, 15) is 4.79 Å². The minimum atomic E-state index is -0.434. The number of likely N-dealkylation sites (tertiary alicyclic amines) is 1. The number of aryl methyl sites for hydroxylation is 1. The highest BCUT2D eigenvalue weighted by Crippen LogP contribution is 2.29. The van der Waals surface area contributed by atoms with E-state index in [-0.39, 0.29) is 17.4 Å². The average molecular weight is 381 g/mol. The molecular weight excluding hydrogens is 357 g/mol. The number of aromatic amines is 1. The molecule has 2 aromatic heterocycles. The Morgan fingerprint density at radius 3 is 2.79 bits per heavy atom. The fraction of sp³-hybridized carbons (Fsp3) is 0.364. The predicted molar refractivity (Wildman–Crippen MR) is 107 cm³/mol. The third-order valence-electron chi connectivity index (χ3n) is 5.37. The zero-order valence-electron chi connectivity index (χ0n) is 16.0. The monoisotopic (exact) mass is 381 g/mol. The molecule has 1 saturated heterocycles. The van der Waals surface area contributed by atoms with E-state index in [0.717, 1.165) is 43.7 Å². The second kappa shape index (κ2) is 8.10. The molecule has 5 nitrogen and oxygen atoms in total. The molecule has 146 valence electrons. The largest absolute Gasteiger partial charge is 0.487 e. The fourth-order valence-electron chi connectivity index (χ4n) is 3.82.